The minimum Gasteiger partial charge on any atom is -0.301 e. The van der Waals surface area contributed by atoms with Crippen LogP contribution in [-0.2, 0) is 0 Å². The summed E-state index contributed by atoms with van der Waals surface area (Å²) in [5.41, 5.74) is 3.21. The Kier molecular flexibility index (Phi) is 3.47. The number of likely N-dealkylation sites (N-methyl/N-ethyl adjacent to an activating group) is 1. The van der Waals surface area contributed by atoms with E-state index in [2.05, 4.69) is 32.2 Å². The van der Waals surface area contributed by atoms with Crippen LogP contribution in [0.25, 0.3) is 0 Å². The highest BCUT2D eigenvalue weighted by Crippen LogP contribution is 2.03. The molecule has 2 heterocycles. The van der Waals surface area contributed by atoms with Crippen molar-refractivity contribution in [2.45, 2.75) is 6.92 Å². The van der Waals surface area contributed by atoms with Gasteiger partial charge in [-0.2, -0.15) is 0 Å². The lowest BCUT2D eigenvalue weighted by Gasteiger charge is -2.33. The van der Waals surface area contributed by atoms with Crippen molar-refractivity contribution in [3.63, 3.8) is 0 Å². The molecule has 0 bridgehead atoms. The van der Waals surface area contributed by atoms with Crippen molar-refractivity contribution in [2.75, 3.05) is 38.1 Å². The van der Waals surface area contributed by atoms with Gasteiger partial charge in [0.05, 0.1) is 0 Å². The molecule has 0 unspecified atom stereocenters. The maximum Gasteiger partial charge on any atom is 0.237 e. The number of aromatic nitrogens is 2. The molecule has 5 nitrogen and oxygen atoms in total. The summed E-state index contributed by atoms with van der Waals surface area (Å²) in [5, 5.41) is 2.17. The topological polar surface area (TPSA) is 44.3 Å². The number of anilines is 1. The van der Waals surface area contributed by atoms with Crippen LogP contribution in [0.1, 0.15) is 6.92 Å². The van der Waals surface area contributed by atoms with Gasteiger partial charge in [-0.15, -0.1) is 0 Å². The highest BCUT2D eigenvalue weighted by Gasteiger charge is 2.15. The van der Waals surface area contributed by atoms with E-state index in [1.54, 1.807) is 12.4 Å². The average molecular weight is 207 g/mol. The van der Waals surface area contributed by atoms with Gasteiger partial charge in [-0.05, 0) is 12.6 Å². The minimum absolute atomic E-state index is 0.683. The lowest BCUT2D eigenvalue weighted by molar-refractivity contribution is 0.158. The molecule has 1 aliphatic rings. The van der Waals surface area contributed by atoms with E-state index in [9.17, 15) is 0 Å². The van der Waals surface area contributed by atoms with Gasteiger partial charge >= 0.3 is 0 Å². The fourth-order valence-electron chi connectivity index (χ4n) is 1.67. The van der Waals surface area contributed by atoms with Crippen LogP contribution in [0, 0.1) is 0 Å². The number of nitrogens with zero attached hydrogens (tertiary/aromatic N) is 4. The standard InChI is InChI=1S/C10H17N5/c1-2-14-6-8-15(9-7-14)13-10-11-4-3-5-12-10/h3-5H,2,6-9H2,1H3,(H,11,12,13). The second-order valence-electron chi connectivity index (χ2n) is 3.61. The molecule has 0 atom stereocenters. The van der Waals surface area contributed by atoms with Crippen LogP contribution in [-0.4, -0.2) is 52.6 Å². The van der Waals surface area contributed by atoms with Gasteiger partial charge < -0.3 is 4.90 Å². The average Bonchev–Trinajstić information content (AvgIpc) is 2.31. The molecule has 82 valence electrons. The molecule has 2 rings (SSSR count). The molecule has 0 aliphatic carbocycles. The Bertz CT molecular complexity index is 281. The maximum absolute atomic E-state index is 4.13. The number of hydrogen-bond acceptors (Lipinski definition) is 5. The molecule has 0 saturated carbocycles. The third-order valence-electron chi connectivity index (χ3n) is 2.64. The molecule has 1 aromatic rings. The second-order valence-corrected chi connectivity index (χ2v) is 3.61. The van der Waals surface area contributed by atoms with Crippen molar-refractivity contribution in [1.29, 1.82) is 0 Å². The monoisotopic (exact) mass is 207 g/mol. The number of piperazine rings is 1. The van der Waals surface area contributed by atoms with Crippen molar-refractivity contribution >= 4 is 5.95 Å². The highest BCUT2D eigenvalue weighted by atomic mass is 15.6. The third-order valence-corrected chi connectivity index (χ3v) is 2.64. The number of hydrazine groups is 1. The van der Waals surface area contributed by atoms with Gasteiger partial charge in [-0.1, -0.05) is 6.92 Å². The Hall–Kier alpha value is -1.20. The fourth-order valence-corrected chi connectivity index (χ4v) is 1.67. The molecule has 1 saturated heterocycles. The van der Waals surface area contributed by atoms with Crippen molar-refractivity contribution < 1.29 is 0 Å². The minimum atomic E-state index is 0.683. The van der Waals surface area contributed by atoms with Crippen LogP contribution >= 0.6 is 0 Å². The van der Waals surface area contributed by atoms with Crippen LogP contribution in [0.2, 0.25) is 0 Å². The van der Waals surface area contributed by atoms with E-state index >= 15 is 0 Å². The first-order valence-corrected chi connectivity index (χ1v) is 5.39. The predicted octanol–water partition coefficient (Wildman–Crippen LogP) is 0.441. The zero-order chi connectivity index (χ0) is 10.5. The summed E-state index contributed by atoms with van der Waals surface area (Å²) in [5.74, 6) is 0.683. The Labute approximate surface area is 90.1 Å². The summed E-state index contributed by atoms with van der Waals surface area (Å²) in [4.78, 5) is 10.7. The zero-order valence-electron chi connectivity index (χ0n) is 9.06. The van der Waals surface area contributed by atoms with Crippen LogP contribution in [0.15, 0.2) is 18.5 Å². The van der Waals surface area contributed by atoms with Crippen molar-refractivity contribution in [1.82, 2.24) is 19.9 Å². The first kappa shape index (κ1) is 10.3. The first-order valence-electron chi connectivity index (χ1n) is 5.39. The van der Waals surface area contributed by atoms with E-state index in [-0.39, 0.29) is 0 Å². The Morgan fingerprint density at radius 2 is 1.87 bits per heavy atom. The molecule has 0 amide bonds. The first-order chi connectivity index (χ1) is 7.38. The summed E-state index contributed by atoms with van der Waals surface area (Å²) >= 11 is 0. The maximum atomic E-state index is 4.13. The lowest BCUT2D eigenvalue weighted by atomic mass is 10.3. The van der Waals surface area contributed by atoms with Gasteiger partial charge in [0.1, 0.15) is 0 Å². The lowest BCUT2D eigenvalue weighted by Crippen LogP contribution is -2.48. The predicted molar refractivity (Wildman–Crippen MR) is 59.3 cm³/mol. The summed E-state index contributed by atoms with van der Waals surface area (Å²) < 4.78 is 0. The molecular formula is C10H17N5. The third kappa shape index (κ3) is 2.87. The van der Waals surface area contributed by atoms with Crippen LogP contribution in [0.3, 0.4) is 0 Å². The highest BCUT2D eigenvalue weighted by molar-refractivity contribution is 5.20. The molecule has 1 aromatic heterocycles. The van der Waals surface area contributed by atoms with Gasteiger partial charge in [0.25, 0.3) is 0 Å². The van der Waals surface area contributed by atoms with Gasteiger partial charge in [0, 0.05) is 38.6 Å². The van der Waals surface area contributed by atoms with Crippen LogP contribution in [0.4, 0.5) is 5.95 Å². The van der Waals surface area contributed by atoms with Crippen molar-refractivity contribution in [3.8, 4) is 0 Å². The summed E-state index contributed by atoms with van der Waals surface area (Å²) in [6.07, 6.45) is 3.50. The van der Waals surface area contributed by atoms with E-state index in [4.69, 9.17) is 0 Å². The Morgan fingerprint density at radius 1 is 1.20 bits per heavy atom. The summed E-state index contributed by atoms with van der Waals surface area (Å²) in [6.45, 7) is 7.59. The Morgan fingerprint density at radius 3 is 2.47 bits per heavy atom. The van der Waals surface area contributed by atoms with Gasteiger partial charge in [0.2, 0.25) is 5.95 Å². The molecule has 15 heavy (non-hydrogen) atoms. The van der Waals surface area contributed by atoms with E-state index < -0.39 is 0 Å². The number of hydrogen-bond donors (Lipinski definition) is 1. The van der Waals surface area contributed by atoms with E-state index in [1.807, 2.05) is 6.07 Å². The zero-order valence-corrected chi connectivity index (χ0v) is 9.06. The smallest absolute Gasteiger partial charge is 0.237 e. The molecule has 5 heteroatoms. The molecule has 0 aromatic carbocycles. The van der Waals surface area contributed by atoms with Gasteiger partial charge in [-0.3, -0.25) is 5.43 Å². The molecule has 0 radical (unpaired) electrons. The van der Waals surface area contributed by atoms with Crippen LogP contribution < -0.4 is 5.43 Å². The fraction of sp³-hybridized carbons (Fsp3) is 0.600. The van der Waals surface area contributed by atoms with Gasteiger partial charge in [-0.25, -0.2) is 15.0 Å². The molecule has 0 spiro atoms. The molecular weight excluding hydrogens is 190 g/mol. The normalized spacial score (nSPS) is 19.0. The second kappa shape index (κ2) is 5.04. The van der Waals surface area contributed by atoms with Gasteiger partial charge in [0.15, 0.2) is 0 Å². The van der Waals surface area contributed by atoms with E-state index in [0.717, 1.165) is 32.7 Å². The summed E-state index contributed by atoms with van der Waals surface area (Å²) in [6, 6.07) is 1.82. The SMILES string of the molecule is CCN1CCN(Nc2ncccn2)CC1. The van der Waals surface area contributed by atoms with Crippen molar-refractivity contribution in [2.24, 2.45) is 0 Å². The van der Waals surface area contributed by atoms with Crippen LogP contribution in [0.5, 0.6) is 0 Å². The number of nitrogens with one attached hydrogen (secondary N) is 1. The van der Waals surface area contributed by atoms with E-state index in [1.165, 1.54) is 0 Å². The Balaban J connectivity index is 1.82. The molecule has 1 N–H and O–H groups in total. The van der Waals surface area contributed by atoms with E-state index in [0.29, 0.717) is 5.95 Å². The largest absolute Gasteiger partial charge is 0.301 e. The molecule has 1 fully saturated rings. The quantitative estimate of drug-likeness (QED) is 0.779. The number of rotatable bonds is 3. The summed E-state index contributed by atoms with van der Waals surface area (Å²) in [7, 11) is 0. The molecule has 1 aliphatic heterocycles. The van der Waals surface area contributed by atoms with Crippen molar-refractivity contribution in [3.05, 3.63) is 18.5 Å².